The highest BCUT2D eigenvalue weighted by atomic mass is 32.2. The standard InChI is InChI=1S/C19H21N3O8S2/c1-3-29-18(28)21-19(20-13(24)7-12-5-4-6-31-12)16(27)22-14(15(25)26)11(8-30-10(2)23)9-32-17(19)22/h4-6,17H,3,7-9H2,1-2H3,(H,20,24)(H,21,28)(H,25,26)/t17-,19-/m1/s1. The van der Waals surface area contributed by atoms with Crippen molar-refractivity contribution in [3.05, 3.63) is 33.7 Å². The minimum absolute atomic E-state index is 0.0199. The van der Waals surface area contributed by atoms with Crippen LogP contribution in [-0.2, 0) is 35.1 Å². The number of hydrogen-bond acceptors (Lipinski definition) is 9. The smallest absolute Gasteiger partial charge is 0.409 e. The van der Waals surface area contributed by atoms with Gasteiger partial charge in [0.05, 0.1) is 13.0 Å². The number of esters is 1. The number of ether oxygens (including phenoxy) is 2. The molecule has 0 radical (unpaired) electrons. The van der Waals surface area contributed by atoms with Crippen molar-refractivity contribution >= 4 is 52.9 Å². The molecule has 3 N–H and O–H groups in total. The van der Waals surface area contributed by atoms with Gasteiger partial charge in [0.15, 0.2) is 0 Å². The first kappa shape index (κ1) is 23.6. The molecule has 3 heterocycles. The highest BCUT2D eigenvalue weighted by Crippen LogP contribution is 2.45. The van der Waals surface area contributed by atoms with E-state index < -0.39 is 40.9 Å². The van der Waals surface area contributed by atoms with Crippen molar-refractivity contribution in [2.75, 3.05) is 19.0 Å². The Morgan fingerprint density at radius 1 is 1.28 bits per heavy atom. The number of carboxylic acids is 1. The molecule has 0 bridgehead atoms. The average molecular weight is 484 g/mol. The molecule has 3 amide bonds. The number of thioether (sulfide) groups is 1. The maximum Gasteiger partial charge on any atom is 0.409 e. The first-order valence-electron chi connectivity index (χ1n) is 9.51. The van der Waals surface area contributed by atoms with E-state index in [1.807, 2.05) is 0 Å². The molecule has 3 rings (SSSR count). The van der Waals surface area contributed by atoms with Gasteiger partial charge in [-0.2, -0.15) is 0 Å². The molecule has 172 valence electrons. The van der Waals surface area contributed by atoms with Crippen LogP contribution in [0.15, 0.2) is 28.8 Å². The number of nitrogens with one attached hydrogen (secondary N) is 2. The Kier molecular flexibility index (Phi) is 7.09. The zero-order valence-corrected chi connectivity index (χ0v) is 18.8. The Morgan fingerprint density at radius 3 is 2.62 bits per heavy atom. The van der Waals surface area contributed by atoms with Gasteiger partial charge >= 0.3 is 18.0 Å². The summed E-state index contributed by atoms with van der Waals surface area (Å²) >= 11 is 2.49. The monoisotopic (exact) mass is 483 g/mol. The second-order valence-corrected chi connectivity index (χ2v) is 8.93. The van der Waals surface area contributed by atoms with Crippen LogP contribution < -0.4 is 10.6 Å². The minimum atomic E-state index is -1.88. The van der Waals surface area contributed by atoms with Gasteiger partial charge in [0, 0.05) is 23.1 Å². The summed E-state index contributed by atoms with van der Waals surface area (Å²) in [5, 5.41) is 15.6. The van der Waals surface area contributed by atoms with Crippen molar-refractivity contribution in [1.82, 2.24) is 15.5 Å². The van der Waals surface area contributed by atoms with Crippen molar-refractivity contribution < 1.29 is 38.6 Å². The predicted octanol–water partition coefficient (Wildman–Crippen LogP) is 0.666. The maximum absolute atomic E-state index is 13.2. The van der Waals surface area contributed by atoms with Gasteiger partial charge in [0.1, 0.15) is 17.7 Å². The van der Waals surface area contributed by atoms with Crippen LogP contribution >= 0.6 is 23.1 Å². The van der Waals surface area contributed by atoms with E-state index in [1.165, 1.54) is 18.3 Å². The maximum atomic E-state index is 13.2. The fourth-order valence-corrected chi connectivity index (χ4v) is 5.45. The lowest BCUT2D eigenvalue weighted by Crippen LogP contribution is -2.86. The molecule has 13 heteroatoms. The molecule has 0 aliphatic carbocycles. The summed E-state index contributed by atoms with van der Waals surface area (Å²) in [6.45, 7) is 2.52. The number of aliphatic carboxylic acids is 1. The summed E-state index contributed by atoms with van der Waals surface area (Å²) in [6.07, 6.45) is -0.947. The van der Waals surface area contributed by atoms with Crippen LogP contribution in [0.1, 0.15) is 18.7 Å². The number of thiophene rings is 1. The molecule has 0 aromatic carbocycles. The number of carbonyl (C=O) groups is 5. The molecular weight excluding hydrogens is 462 g/mol. The molecule has 0 saturated carbocycles. The molecule has 2 atom stereocenters. The van der Waals surface area contributed by atoms with Crippen LogP contribution in [0.5, 0.6) is 0 Å². The third-order valence-corrected chi connectivity index (χ3v) is 6.90. The number of fused-ring (bicyclic) bond motifs is 1. The van der Waals surface area contributed by atoms with E-state index in [-0.39, 0.29) is 36.7 Å². The summed E-state index contributed by atoms with van der Waals surface area (Å²) < 4.78 is 9.79. The molecule has 1 saturated heterocycles. The Hall–Kier alpha value is -3.06. The molecule has 1 aromatic rings. The van der Waals surface area contributed by atoms with E-state index in [4.69, 9.17) is 9.47 Å². The lowest BCUT2D eigenvalue weighted by Gasteiger charge is -2.56. The largest absolute Gasteiger partial charge is 0.477 e. The molecule has 0 unspecified atom stereocenters. The summed E-state index contributed by atoms with van der Waals surface area (Å²) in [6, 6.07) is 3.54. The first-order chi connectivity index (χ1) is 15.2. The van der Waals surface area contributed by atoms with Crippen LogP contribution in [0.25, 0.3) is 0 Å². The molecule has 2 aliphatic heterocycles. The zero-order valence-electron chi connectivity index (χ0n) is 17.2. The van der Waals surface area contributed by atoms with Gasteiger partial charge in [-0.15, -0.1) is 23.1 Å². The molecule has 1 fully saturated rings. The zero-order chi connectivity index (χ0) is 23.5. The summed E-state index contributed by atoms with van der Waals surface area (Å²) in [7, 11) is 0. The molecule has 32 heavy (non-hydrogen) atoms. The van der Waals surface area contributed by atoms with E-state index in [9.17, 15) is 29.1 Å². The van der Waals surface area contributed by atoms with E-state index in [0.717, 1.165) is 21.5 Å². The van der Waals surface area contributed by atoms with Crippen LogP contribution in [0.2, 0.25) is 0 Å². The number of nitrogens with zero attached hydrogens (tertiary/aromatic N) is 1. The second-order valence-electron chi connectivity index (χ2n) is 6.83. The van der Waals surface area contributed by atoms with Gasteiger partial charge in [0.25, 0.3) is 5.91 Å². The molecular formula is C19H21N3O8S2. The molecule has 11 nitrogen and oxygen atoms in total. The first-order valence-corrected chi connectivity index (χ1v) is 11.4. The SMILES string of the molecule is CCOC(=O)N[C@]1(NC(=O)Cc2cccs2)C(=O)N2C(C(=O)O)=C(COC(C)=O)CS[C@@H]21. The number of carboxylic acid groups (broad SMARTS) is 1. The second kappa shape index (κ2) is 9.61. The average Bonchev–Trinajstić information content (AvgIpc) is 3.23. The van der Waals surface area contributed by atoms with Gasteiger partial charge in [-0.3, -0.25) is 24.6 Å². The highest BCUT2D eigenvalue weighted by Gasteiger charge is 2.67. The molecule has 1 aromatic heterocycles. The van der Waals surface area contributed by atoms with Crippen LogP contribution in [0, 0.1) is 0 Å². The van der Waals surface area contributed by atoms with Gasteiger partial charge in [-0.25, -0.2) is 9.59 Å². The van der Waals surface area contributed by atoms with E-state index in [0.29, 0.717) is 0 Å². The van der Waals surface area contributed by atoms with Crippen molar-refractivity contribution in [1.29, 1.82) is 0 Å². The van der Waals surface area contributed by atoms with Crippen molar-refractivity contribution in [3.63, 3.8) is 0 Å². The Morgan fingerprint density at radius 2 is 2.03 bits per heavy atom. The summed E-state index contributed by atoms with van der Waals surface area (Å²) in [5.41, 5.74) is -1.98. The van der Waals surface area contributed by atoms with Crippen LogP contribution in [0.3, 0.4) is 0 Å². The highest BCUT2D eigenvalue weighted by molar-refractivity contribution is 8.00. The number of alkyl carbamates (subject to hydrolysis) is 1. The molecule has 2 aliphatic rings. The summed E-state index contributed by atoms with van der Waals surface area (Å²) in [5.74, 6) is -3.23. The van der Waals surface area contributed by atoms with Crippen LogP contribution in [-0.4, -0.2) is 69.9 Å². The molecule has 0 spiro atoms. The van der Waals surface area contributed by atoms with Gasteiger partial charge in [-0.1, -0.05) is 6.07 Å². The van der Waals surface area contributed by atoms with Crippen molar-refractivity contribution in [2.24, 2.45) is 0 Å². The van der Waals surface area contributed by atoms with Crippen LogP contribution in [0.4, 0.5) is 4.79 Å². The fourth-order valence-electron chi connectivity index (χ4n) is 3.34. The Bertz CT molecular complexity index is 977. The fraction of sp³-hybridized carbons (Fsp3) is 0.421. The van der Waals surface area contributed by atoms with Crippen molar-refractivity contribution in [3.8, 4) is 0 Å². The van der Waals surface area contributed by atoms with E-state index in [1.54, 1.807) is 24.4 Å². The van der Waals surface area contributed by atoms with Gasteiger partial charge in [-0.05, 0) is 18.4 Å². The lowest BCUT2D eigenvalue weighted by atomic mass is 9.94. The van der Waals surface area contributed by atoms with Gasteiger partial charge in [0.2, 0.25) is 11.6 Å². The third kappa shape index (κ3) is 4.58. The predicted molar refractivity (Wildman–Crippen MR) is 113 cm³/mol. The third-order valence-electron chi connectivity index (χ3n) is 4.63. The summed E-state index contributed by atoms with van der Waals surface area (Å²) in [4.78, 5) is 62.9. The topological polar surface area (TPSA) is 151 Å². The number of rotatable bonds is 8. The number of β-lactam (4-membered cyclic amide) rings is 1. The quantitative estimate of drug-likeness (QED) is 0.275. The lowest BCUT2D eigenvalue weighted by molar-refractivity contribution is -0.161. The minimum Gasteiger partial charge on any atom is -0.477 e. The Labute approximate surface area is 191 Å². The normalized spacial score (nSPS) is 21.9. The van der Waals surface area contributed by atoms with Crippen molar-refractivity contribution in [2.45, 2.75) is 31.3 Å². The number of carbonyl (C=O) groups excluding carboxylic acids is 4. The van der Waals surface area contributed by atoms with Gasteiger partial charge < -0.3 is 19.9 Å². The number of hydrogen-bond donors (Lipinski definition) is 3. The number of amides is 3. The van der Waals surface area contributed by atoms with E-state index in [2.05, 4.69) is 10.6 Å². The van der Waals surface area contributed by atoms with E-state index >= 15 is 0 Å². The Balaban J connectivity index is 1.89.